The van der Waals surface area contributed by atoms with Crippen LogP contribution in [-0.2, 0) is 6.54 Å². The fourth-order valence-electron chi connectivity index (χ4n) is 2.57. The van der Waals surface area contributed by atoms with E-state index in [2.05, 4.69) is 4.90 Å². The van der Waals surface area contributed by atoms with E-state index in [4.69, 9.17) is 14.2 Å². The third kappa shape index (κ3) is 4.87. The molecule has 1 aliphatic rings. The Labute approximate surface area is 153 Å². The first-order valence-corrected chi connectivity index (χ1v) is 7.73. The lowest BCUT2D eigenvalue weighted by Crippen LogP contribution is -2.17. The zero-order valence-electron chi connectivity index (χ0n) is 14.2. The summed E-state index contributed by atoms with van der Waals surface area (Å²) in [5.74, 6) is 1.49. The minimum Gasteiger partial charge on any atom is -0.494 e. The maximum atomic E-state index is 13.6. The molecule has 2 aromatic carbocycles. The highest BCUT2D eigenvalue weighted by atomic mass is 35.5. The second kappa shape index (κ2) is 8.74. The van der Waals surface area contributed by atoms with Crippen molar-refractivity contribution in [3.63, 3.8) is 0 Å². The van der Waals surface area contributed by atoms with E-state index in [1.165, 1.54) is 13.2 Å². The fourth-order valence-corrected chi connectivity index (χ4v) is 2.57. The van der Waals surface area contributed by atoms with E-state index in [-0.39, 0.29) is 30.8 Å². The summed E-state index contributed by atoms with van der Waals surface area (Å²) < 4.78 is 29.3. The Morgan fingerprint density at radius 2 is 1.96 bits per heavy atom. The van der Waals surface area contributed by atoms with Crippen LogP contribution >= 0.6 is 12.4 Å². The van der Waals surface area contributed by atoms with Gasteiger partial charge in [-0.3, -0.25) is 4.90 Å². The first kappa shape index (κ1) is 19.1. The van der Waals surface area contributed by atoms with Gasteiger partial charge in [0.1, 0.15) is 0 Å². The summed E-state index contributed by atoms with van der Waals surface area (Å²) in [4.78, 5) is 2.16. The maximum Gasteiger partial charge on any atom is 0.231 e. The Balaban J connectivity index is 0.00000225. The van der Waals surface area contributed by atoms with Crippen LogP contribution in [0.5, 0.6) is 17.2 Å². The van der Waals surface area contributed by atoms with E-state index >= 15 is 0 Å². The van der Waals surface area contributed by atoms with Crippen molar-refractivity contribution in [2.75, 3.05) is 27.5 Å². The highest BCUT2D eigenvalue weighted by Gasteiger charge is 2.13. The molecular weight excluding hydrogens is 345 g/mol. The van der Waals surface area contributed by atoms with Crippen molar-refractivity contribution < 1.29 is 18.6 Å². The van der Waals surface area contributed by atoms with Crippen LogP contribution in [0.3, 0.4) is 0 Å². The van der Waals surface area contributed by atoms with Gasteiger partial charge in [0.05, 0.1) is 7.11 Å². The number of benzene rings is 2. The number of hydrogen-bond acceptors (Lipinski definition) is 4. The minimum absolute atomic E-state index is 0. The summed E-state index contributed by atoms with van der Waals surface area (Å²) in [6, 6.07) is 10.9. The number of ether oxygens (including phenoxy) is 3. The zero-order chi connectivity index (χ0) is 16.9. The number of hydrogen-bond donors (Lipinski definition) is 0. The summed E-state index contributed by atoms with van der Waals surface area (Å²) >= 11 is 0. The van der Waals surface area contributed by atoms with E-state index in [1.54, 1.807) is 6.07 Å². The molecule has 0 aliphatic carbocycles. The lowest BCUT2D eigenvalue weighted by Gasteiger charge is -2.14. The van der Waals surface area contributed by atoms with Crippen LogP contribution in [0.25, 0.3) is 6.08 Å². The first-order valence-electron chi connectivity index (χ1n) is 7.73. The molecule has 0 saturated heterocycles. The second-order valence-corrected chi connectivity index (χ2v) is 5.68. The number of nitrogens with zero attached hydrogens (tertiary/aromatic N) is 1. The van der Waals surface area contributed by atoms with Gasteiger partial charge in [-0.1, -0.05) is 24.3 Å². The Bertz CT molecular complexity index is 751. The number of likely N-dealkylation sites (N-methyl/N-ethyl adjacent to an activating group) is 1. The highest BCUT2D eigenvalue weighted by molar-refractivity contribution is 5.85. The monoisotopic (exact) mass is 365 g/mol. The van der Waals surface area contributed by atoms with Gasteiger partial charge in [-0.05, 0) is 42.4 Å². The van der Waals surface area contributed by atoms with Gasteiger partial charge in [0, 0.05) is 13.1 Å². The molecule has 0 amide bonds. The molecule has 0 N–H and O–H groups in total. The van der Waals surface area contributed by atoms with E-state index in [0.717, 1.165) is 35.7 Å². The molecule has 0 atom stereocenters. The molecule has 0 fully saturated rings. The largest absolute Gasteiger partial charge is 0.494 e. The van der Waals surface area contributed by atoms with E-state index in [1.807, 2.05) is 43.5 Å². The summed E-state index contributed by atoms with van der Waals surface area (Å²) in [7, 11) is 3.49. The average molecular weight is 366 g/mol. The highest BCUT2D eigenvalue weighted by Crippen LogP contribution is 2.32. The third-order valence-corrected chi connectivity index (χ3v) is 3.79. The van der Waals surface area contributed by atoms with Crippen molar-refractivity contribution in [2.24, 2.45) is 0 Å². The van der Waals surface area contributed by atoms with Gasteiger partial charge in [-0.15, -0.1) is 12.4 Å². The van der Waals surface area contributed by atoms with E-state index < -0.39 is 0 Å². The van der Waals surface area contributed by atoms with Crippen LogP contribution in [0.15, 0.2) is 42.5 Å². The zero-order valence-corrected chi connectivity index (χ0v) is 15.0. The van der Waals surface area contributed by atoms with Crippen LogP contribution in [0.1, 0.15) is 11.1 Å². The third-order valence-electron chi connectivity index (χ3n) is 3.79. The first-order chi connectivity index (χ1) is 11.7. The Hall–Kier alpha value is -2.24. The van der Waals surface area contributed by atoms with Crippen LogP contribution < -0.4 is 14.2 Å². The minimum atomic E-state index is -0.353. The van der Waals surface area contributed by atoms with Gasteiger partial charge in [-0.25, -0.2) is 4.39 Å². The SMILES string of the molecule is COc1ccc(/C=C/CN(C)Cc2ccc3c(c2)OCO3)cc1F.Cl. The molecule has 3 rings (SSSR count). The molecule has 0 aromatic heterocycles. The van der Waals surface area contributed by atoms with Crippen LogP contribution in [0.2, 0.25) is 0 Å². The molecule has 1 heterocycles. The molecule has 4 nitrogen and oxygen atoms in total. The predicted octanol–water partition coefficient (Wildman–Crippen LogP) is 4.13. The number of fused-ring (bicyclic) bond motifs is 1. The Kier molecular flexibility index (Phi) is 6.67. The molecule has 25 heavy (non-hydrogen) atoms. The maximum absolute atomic E-state index is 13.6. The quantitative estimate of drug-likeness (QED) is 0.770. The van der Waals surface area contributed by atoms with Gasteiger partial charge in [-0.2, -0.15) is 0 Å². The summed E-state index contributed by atoms with van der Waals surface area (Å²) in [5.41, 5.74) is 1.97. The molecule has 0 radical (unpaired) electrons. The molecule has 0 bridgehead atoms. The second-order valence-electron chi connectivity index (χ2n) is 5.68. The van der Waals surface area contributed by atoms with Crippen molar-refractivity contribution in [3.05, 3.63) is 59.4 Å². The lowest BCUT2D eigenvalue weighted by molar-refractivity contribution is 0.174. The Morgan fingerprint density at radius 3 is 2.72 bits per heavy atom. The van der Waals surface area contributed by atoms with Crippen LogP contribution in [-0.4, -0.2) is 32.4 Å². The molecule has 0 spiro atoms. The molecule has 134 valence electrons. The van der Waals surface area contributed by atoms with E-state index in [0.29, 0.717) is 0 Å². The number of rotatable bonds is 6. The van der Waals surface area contributed by atoms with Gasteiger partial charge >= 0.3 is 0 Å². The fraction of sp³-hybridized carbons (Fsp3) is 0.263. The van der Waals surface area contributed by atoms with Crippen molar-refractivity contribution >= 4 is 18.5 Å². The summed E-state index contributed by atoms with van der Waals surface area (Å²) in [5, 5.41) is 0. The number of methoxy groups -OCH3 is 1. The Morgan fingerprint density at radius 1 is 1.16 bits per heavy atom. The number of halogens is 2. The molecule has 0 unspecified atom stereocenters. The summed E-state index contributed by atoms with van der Waals surface area (Å²) in [6.45, 7) is 1.83. The van der Waals surface area contributed by atoms with Gasteiger partial charge in [0.25, 0.3) is 0 Å². The smallest absolute Gasteiger partial charge is 0.231 e. The van der Waals surface area contributed by atoms with E-state index in [9.17, 15) is 4.39 Å². The van der Waals surface area contributed by atoms with Gasteiger partial charge in [0.15, 0.2) is 23.1 Å². The van der Waals surface area contributed by atoms with Crippen LogP contribution in [0, 0.1) is 5.82 Å². The normalized spacial score (nSPS) is 12.5. The van der Waals surface area contributed by atoms with Crippen molar-refractivity contribution in [3.8, 4) is 17.2 Å². The lowest BCUT2D eigenvalue weighted by atomic mass is 10.2. The van der Waals surface area contributed by atoms with Crippen molar-refractivity contribution in [1.29, 1.82) is 0 Å². The molecule has 1 aliphatic heterocycles. The molecule has 0 saturated carbocycles. The molecule has 6 heteroatoms. The predicted molar refractivity (Wildman–Crippen MR) is 98.1 cm³/mol. The van der Waals surface area contributed by atoms with Crippen molar-refractivity contribution in [2.45, 2.75) is 6.54 Å². The molecular formula is C19H21ClFNO3. The molecule has 2 aromatic rings. The van der Waals surface area contributed by atoms with Gasteiger partial charge in [0.2, 0.25) is 6.79 Å². The topological polar surface area (TPSA) is 30.9 Å². The van der Waals surface area contributed by atoms with Gasteiger partial charge < -0.3 is 14.2 Å². The van der Waals surface area contributed by atoms with Crippen LogP contribution in [0.4, 0.5) is 4.39 Å². The van der Waals surface area contributed by atoms with Crippen molar-refractivity contribution in [1.82, 2.24) is 4.90 Å². The summed E-state index contributed by atoms with van der Waals surface area (Å²) in [6.07, 6.45) is 3.91. The standard InChI is InChI=1S/C19H20FNO3.ClH/c1-21(12-15-6-8-18-19(11-15)24-13-23-18)9-3-4-14-5-7-17(22-2)16(20)10-14;/h3-8,10-11H,9,12-13H2,1-2H3;1H/b4-3+;. The average Bonchev–Trinajstić information content (AvgIpc) is 3.02.